The van der Waals surface area contributed by atoms with Crippen molar-refractivity contribution < 1.29 is 51.2 Å². The first-order valence-corrected chi connectivity index (χ1v) is 12.0. The van der Waals surface area contributed by atoms with Crippen molar-refractivity contribution in [1.82, 2.24) is 9.55 Å². The van der Waals surface area contributed by atoms with Crippen LogP contribution in [0.3, 0.4) is 0 Å². The Bertz CT molecular complexity index is 1010. The summed E-state index contributed by atoms with van der Waals surface area (Å²) in [5.74, 6) is 2.19. The summed E-state index contributed by atoms with van der Waals surface area (Å²) >= 11 is 0. The second-order valence-electron chi connectivity index (χ2n) is 5.66. The third-order valence-electron chi connectivity index (χ3n) is 3.46. The molecule has 2 unspecified atom stereocenters. The van der Waals surface area contributed by atoms with Crippen LogP contribution in [0.5, 0.6) is 0 Å². The zero-order chi connectivity index (χ0) is 22.1. The van der Waals surface area contributed by atoms with Crippen LogP contribution in [0.2, 0.25) is 0 Å². The van der Waals surface area contributed by atoms with Crippen molar-refractivity contribution in [1.29, 1.82) is 0 Å². The van der Waals surface area contributed by atoms with E-state index in [1.165, 1.54) is 12.3 Å². The highest BCUT2D eigenvalue weighted by Crippen LogP contribution is 2.66. The Balaban J connectivity index is 2.07. The number of hydrogen-bond acceptors (Lipinski definition) is 10. The van der Waals surface area contributed by atoms with Crippen molar-refractivity contribution in [3.63, 3.8) is 0 Å². The topological polar surface area (TPSA) is 230 Å². The minimum Gasteiger partial charge on any atom is -0.383 e. The van der Waals surface area contributed by atoms with Crippen LogP contribution in [0.1, 0.15) is 19.1 Å². The molecule has 0 aliphatic carbocycles. The van der Waals surface area contributed by atoms with Crippen molar-refractivity contribution >= 4 is 29.3 Å². The number of hydrogen-bond donors (Lipinski definition) is 5. The molecule has 29 heavy (non-hydrogen) atoms. The summed E-state index contributed by atoms with van der Waals surface area (Å²) in [7, 11) is -16.5. The predicted molar refractivity (Wildman–Crippen MR) is 93.6 cm³/mol. The predicted octanol–water partition coefficient (Wildman–Crippen LogP) is -0.150. The Morgan fingerprint density at radius 2 is 1.97 bits per heavy atom. The molecule has 2 heterocycles. The Labute approximate surface area is 162 Å². The molecule has 0 saturated carbocycles. The molecule has 1 saturated heterocycles. The van der Waals surface area contributed by atoms with E-state index in [1.807, 2.05) is 0 Å². The number of ether oxygens (including phenoxy) is 1. The molecule has 1 aromatic heterocycles. The van der Waals surface area contributed by atoms with Gasteiger partial charge in [0, 0.05) is 6.20 Å². The standard InChI is InChI=1S/C11H16N3O12P3/c1-2-11(5-3-9(24-11)14-6-4-8(12)13-10(14)15)7-23-28(19,20)26-29(21,22)25-27(16,17)18/h1,4,6,9H,3,5,7H2,(H,19,20)(H,21,22)(H2,12,13,15)(H2,16,17,18)/t9-,11+/m1/s1. The molecule has 1 aromatic rings. The van der Waals surface area contributed by atoms with Crippen molar-refractivity contribution in [2.75, 3.05) is 12.3 Å². The molecule has 18 heteroatoms. The third kappa shape index (κ3) is 6.82. The minimum absolute atomic E-state index is 0.0138. The summed E-state index contributed by atoms with van der Waals surface area (Å²) in [6, 6.07) is 1.34. The van der Waals surface area contributed by atoms with Crippen molar-refractivity contribution in [2.45, 2.75) is 24.7 Å². The number of nitrogens with two attached hydrogens (primary N) is 1. The van der Waals surface area contributed by atoms with Gasteiger partial charge in [-0.3, -0.25) is 9.09 Å². The second kappa shape index (κ2) is 8.39. The summed E-state index contributed by atoms with van der Waals surface area (Å²) in [6.07, 6.45) is 6.01. The number of terminal acetylenes is 1. The molecular weight excluding hydrogens is 459 g/mol. The third-order valence-corrected chi connectivity index (χ3v) is 7.24. The minimum atomic E-state index is -5.66. The quantitative estimate of drug-likeness (QED) is 0.243. The summed E-state index contributed by atoms with van der Waals surface area (Å²) in [5, 5.41) is 0. The maximum Gasteiger partial charge on any atom is 0.490 e. The number of nitrogen functional groups attached to an aromatic ring is 1. The van der Waals surface area contributed by atoms with E-state index in [4.69, 9.17) is 31.6 Å². The fourth-order valence-electron chi connectivity index (χ4n) is 2.32. The monoisotopic (exact) mass is 475 g/mol. The van der Waals surface area contributed by atoms with Gasteiger partial charge in [0.2, 0.25) is 0 Å². The molecule has 0 spiro atoms. The lowest BCUT2D eigenvalue weighted by atomic mass is 10.0. The fourth-order valence-corrected chi connectivity index (χ4v) is 5.39. The smallest absolute Gasteiger partial charge is 0.383 e. The van der Waals surface area contributed by atoms with Crippen LogP contribution in [0.15, 0.2) is 17.1 Å². The van der Waals surface area contributed by atoms with Gasteiger partial charge in [0.1, 0.15) is 12.0 Å². The number of phosphoric ester groups is 1. The number of anilines is 1. The van der Waals surface area contributed by atoms with E-state index < -0.39 is 47.6 Å². The number of nitrogens with zero attached hydrogens (tertiary/aromatic N) is 2. The van der Waals surface area contributed by atoms with Gasteiger partial charge in [-0.05, 0) is 18.9 Å². The van der Waals surface area contributed by atoms with E-state index in [1.54, 1.807) is 0 Å². The van der Waals surface area contributed by atoms with Gasteiger partial charge in [0.15, 0.2) is 5.60 Å². The lowest BCUT2D eigenvalue weighted by Crippen LogP contribution is -2.34. The molecule has 0 aromatic carbocycles. The zero-order valence-corrected chi connectivity index (χ0v) is 17.0. The summed E-state index contributed by atoms with van der Waals surface area (Å²) < 4.78 is 52.1. The maximum atomic E-state index is 11.9. The highest BCUT2D eigenvalue weighted by molar-refractivity contribution is 7.66. The van der Waals surface area contributed by atoms with E-state index in [0.717, 1.165) is 4.57 Å². The van der Waals surface area contributed by atoms with E-state index in [2.05, 4.69) is 24.0 Å². The van der Waals surface area contributed by atoms with Crippen LogP contribution in [-0.2, 0) is 31.6 Å². The van der Waals surface area contributed by atoms with Crippen LogP contribution in [-0.4, -0.2) is 41.3 Å². The molecule has 162 valence electrons. The molecule has 6 N–H and O–H groups in total. The number of phosphoric acid groups is 3. The number of rotatable bonds is 8. The summed E-state index contributed by atoms with van der Waals surface area (Å²) in [5.41, 5.74) is 3.04. The fraction of sp³-hybridized carbons (Fsp3) is 0.455. The highest BCUT2D eigenvalue weighted by atomic mass is 31.3. The first-order chi connectivity index (χ1) is 13.2. The highest BCUT2D eigenvalue weighted by Gasteiger charge is 2.45. The largest absolute Gasteiger partial charge is 0.490 e. The molecule has 15 nitrogen and oxygen atoms in total. The molecule has 2 rings (SSSR count). The molecule has 0 amide bonds. The molecule has 1 aliphatic heterocycles. The molecular formula is C11H16N3O12P3. The van der Waals surface area contributed by atoms with Crippen LogP contribution in [0.4, 0.5) is 5.82 Å². The van der Waals surface area contributed by atoms with Crippen molar-refractivity contribution in [3.8, 4) is 12.3 Å². The summed E-state index contributed by atoms with van der Waals surface area (Å²) in [4.78, 5) is 51.0. The first kappa shape index (κ1) is 23.9. The first-order valence-electron chi connectivity index (χ1n) is 7.45. The average Bonchev–Trinajstić information content (AvgIpc) is 2.94. The van der Waals surface area contributed by atoms with Gasteiger partial charge in [-0.2, -0.15) is 13.6 Å². The van der Waals surface area contributed by atoms with Crippen LogP contribution < -0.4 is 11.4 Å². The second-order valence-corrected chi connectivity index (χ2v) is 10.1. The maximum absolute atomic E-state index is 11.9. The molecule has 0 bridgehead atoms. The van der Waals surface area contributed by atoms with Gasteiger partial charge in [-0.25, -0.2) is 18.5 Å². The van der Waals surface area contributed by atoms with E-state index in [-0.39, 0.29) is 18.7 Å². The molecule has 1 fully saturated rings. The van der Waals surface area contributed by atoms with E-state index in [0.29, 0.717) is 0 Å². The van der Waals surface area contributed by atoms with E-state index in [9.17, 15) is 23.4 Å². The van der Waals surface area contributed by atoms with Gasteiger partial charge in [-0.15, -0.1) is 6.42 Å². The van der Waals surface area contributed by atoms with Gasteiger partial charge < -0.3 is 30.0 Å². The lowest BCUT2D eigenvalue weighted by Gasteiger charge is -2.25. The van der Waals surface area contributed by atoms with Crippen LogP contribution >= 0.6 is 23.5 Å². The Morgan fingerprint density at radius 1 is 1.31 bits per heavy atom. The molecule has 4 atom stereocenters. The van der Waals surface area contributed by atoms with Crippen molar-refractivity contribution in [3.05, 3.63) is 22.7 Å². The normalized spacial score (nSPS) is 26.4. The number of aromatic nitrogens is 2. The van der Waals surface area contributed by atoms with E-state index >= 15 is 0 Å². The lowest BCUT2D eigenvalue weighted by molar-refractivity contribution is -0.0636. The zero-order valence-electron chi connectivity index (χ0n) is 14.3. The Kier molecular flexibility index (Phi) is 6.91. The van der Waals surface area contributed by atoms with Gasteiger partial charge in [0.05, 0.1) is 6.61 Å². The van der Waals surface area contributed by atoms with Gasteiger partial charge >= 0.3 is 29.2 Å². The Morgan fingerprint density at radius 3 is 2.52 bits per heavy atom. The van der Waals surface area contributed by atoms with Crippen molar-refractivity contribution in [2.24, 2.45) is 0 Å². The Hall–Kier alpha value is -1.39. The van der Waals surface area contributed by atoms with Crippen LogP contribution in [0, 0.1) is 12.3 Å². The average molecular weight is 475 g/mol. The SMILES string of the molecule is C#C[C@@]1(COP(=O)(O)OP(=O)(O)OP(=O)(O)O)CC[C@H](n2ccc(N)nc2=O)O1. The summed E-state index contributed by atoms with van der Waals surface area (Å²) in [6.45, 7) is -0.832. The molecule has 0 radical (unpaired) electrons. The van der Waals surface area contributed by atoms with Gasteiger partial charge in [0.25, 0.3) is 0 Å². The van der Waals surface area contributed by atoms with Crippen LogP contribution in [0.25, 0.3) is 0 Å². The molecule has 1 aliphatic rings. The van der Waals surface area contributed by atoms with Gasteiger partial charge in [-0.1, -0.05) is 5.92 Å².